The molecule has 86 heavy (non-hydrogen) atoms. The summed E-state index contributed by atoms with van der Waals surface area (Å²) in [6.07, 6.45) is 6.03. The molecule has 0 saturated heterocycles. The van der Waals surface area contributed by atoms with Crippen molar-refractivity contribution in [3.63, 3.8) is 0 Å². The predicted molar refractivity (Wildman–Crippen MR) is 351 cm³/mol. The molecule has 0 fully saturated rings. The molecule has 0 atom stereocenters. The summed E-state index contributed by atoms with van der Waals surface area (Å²) in [7, 11) is 0. The Balaban J connectivity index is 0.00000686. The number of hydrogen-bond acceptors (Lipinski definition) is 2. The SMILES string of the molecule is Cc1c(C)c(-c2ccccc2)c(-[n+]2[c-]n3c4c(cccc42)C2(c4ccc(Oc5[c-]c6c(cc5)c5ccccc5n6-c5ccccn5)[c-]c4-3)c3c(cc(C(C)(C)C)cc3C(C)(C)C)-c3cc(C(C)(C)C)cc(C(C)(C)C)c32)c(-c2ccccc2)c1C.[Pt]. The molecule has 9 aromatic carbocycles. The van der Waals surface area contributed by atoms with Gasteiger partial charge in [-0.15, -0.1) is 35.2 Å². The van der Waals surface area contributed by atoms with Crippen LogP contribution in [0.1, 0.15) is 144 Å². The monoisotopic (exact) mass is 1300 g/mol. The zero-order valence-corrected chi connectivity index (χ0v) is 54.5. The molecule has 1 spiro atoms. The van der Waals surface area contributed by atoms with Crippen LogP contribution in [0.3, 0.4) is 0 Å². The van der Waals surface area contributed by atoms with E-state index in [9.17, 15) is 0 Å². The number of benzene rings is 9. The molecular formula is C80H74N4OPt-2. The summed E-state index contributed by atoms with van der Waals surface area (Å²) in [6.45, 7) is 35.5. The van der Waals surface area contributed by atoms with Crippen molar-refractivity contribution in [3.05, 3.63) is 256 Å². The molecule has 1 aliphatic carbocycles. The van der Waals surface area contributed by atoms with Crippen LogP contribution < -0.4 is 9.30 Å². The molecule has 0 N–H and O–H groups in total. The van der Waals surface area contributed by atoms with Gasteiger partial charge in [0, 0.05) is 49.7 Å². The van der Waals surface area contributed by atoms with Crippen molar-refractivity contribution in [1.29, 1.82) is 0 Å². The van der Waals surface area contributed by atoms with Crippen LogP contribution in [-0.4, -0.2) is 14.1 Å². The van der Waals surface area contributed by atoms with Crippen molar-refractivity contribution in [1.82, 2.24) is 14.1 Å². The Morgan fingerprint density at radius 1 is 0.500 bits per heavy atom. The summed E-state index contributed by atoms with van der Waals surface area (Å²) >= 11 is 0. The average molecular weight is 1300 g/mol. The van der Waals surface area contributed by atoms with E-state index < -0.39 is 5.41 Å². The van der Waals surface area contributed by atoms with Crippen LogP contribution in [0.4, 0.5) is 0 Å². The van der Waals surface area contributed by atoms with Crippen molar-refractivity contribution < 1.29 is 30.4 Å². The maximum atomic E-state index is 7.19. The van der Waals surface area contributed by atoms with Gasteiger partial charge in [0.25, 0.3) is 6.33 Å². The first-order valence-corrected chi connectivity index (χ1v) is 30.2. The third kappa shape index (κ3) is 8.57. The van der Waals surface area contributed by atoms with Crippen LogP contribution in [0, 0.1) is 39.2 Å². The number of nitrogens with zero attached hydrogens (tertiary/aromatic N) is 4. The third-order valence-electron chi connectivity index (χ3n) is 18.6. The van der Waals surface area contributed by atoms with Crippen LogP contribution in [0.15, 0.2) is 176 Å². The van der Waals surface area contributed by atoms with Crippen molar-refractivity contribution >= 4 is 32.8 Å². The Hall–Kier alpha value is -8.11. The normalized spacial score (nSPS) is 13.5. The van der Waals surface area contributed by atoms with Gasteiger partial charge >= 0.3 is 0 Å². The molecule has 5 nitrogen and oxygen atoms in total. The summed E-state index contributed by atoms with van der Waals surface area (Å²) in [4.78, 5) is 4.83. The van der Waals surface area contributed by atoms with E-state index in [4.69, 9.17) is 9.72 Å². The summed E-state index contributed by atoms with van der Waals surface area (Å²) in [5.74, 6) is 1.99. The minimum absolute atomic E-state index is 0. The number of hydrogen-bond donors (Lipinski definition) is 0. The van der Waals surface area contributed by atoms with Crippen molar-refractivity contribution in [2.75, 3.05) is 0 Å². The zero-order valence-electron chi connectivity index (χ0n) is 52.3. The second-order valence-corrected chi connectivity index (χ2v) is 28.1. The molecule has 14 rings (SSSR count). The second kappa shape index (κ2) is 20.0. The minimum atomic E-state index is -0.828. The van der Waals surface area contributed by atoms with Gasteiger partial charge in [0.1, 0.15) is 5.82 Å². The molecular weight excluding hydrogens is 1230 g/mol. The van der Waals surface area contributed by atoms with Crippen molar-refractivity contribution in [3.8, 4) is 62.1 Å². The van der Waals surface area contributed by atoms with Crippen LogP contribution in [0.25, 0.3) is 83.4 Å². The van der Waals surface area contributed by atoms with Crippen LogP contribution in [0.5, 0.6) is 11.5 Å². The fraction of sp³-hybridized carbons (Fsp3) is 0.250. The Bertz CT molecular complexity index is 4580. The quantitative estimate of drug-likeness (QED) is 0.123. The summed E-state index contributed by atoms with van der Waals surface area (Å²) in [6, 6.07) is 70.3. The van der Waals surface area contributed by atoms with E-state index >= 15 is 0 Å². The molecule has 0 unspecified atom stereocenters. The van der Waals surface area contributed by atoms with Gasteiger partial charge in [0.2, 0.25) is 0 Å². The van der Waals surface area contributed by atoms with E-state index in [0.717, 1.165) is 66.7 Å². The summed E-state index contributed by atoms with van der Waals surface area (Å²) in [5, 5.41) is 2.21. The van der Waals surface area contributed by atoms with Gasteiger partial charge in [-0.1, -0.05) is 216 Å². The third-order valence-corrected chi connectivity index (χ3v) is 18.6. The molecule has 3 aromatic heterocycles. The van der Waals surface area contributed by atoms with E-state index in [1.54, 1.807) is 0 Å². The number of imidazole rings is 1. The van der Waals surface area contributed by atoms with Gasteiger partial charge in [-0.25, -0.2) is 4.98 Å². The van der Waals surface area contributed by atoms with E-state index in [1.807, 2.05) is 30.5 Å². The molecule has 2 aliphatic rings. The Labute approximate surface area is 522 Å². The molecule has 0 radical (unpaired) electrons. The van der Waals surface area contributed by atoms with E-state index in [1.165, 1.54) is 77.9 Å². The molecule has 6 heteroatoms. The maximum absolute atomic E-state index is 7.19. The number of ether oxygens (including phenoxy) is 1. The number of rotatable bonds is 6. The first-order valence-electron chi connectivity index (χ1n) is 30.2. The molecule has 0 amide bonds. The Kier molecular flexibility index (Phi) is 13.2. The molecule has 0 saturated carbocycles. The number of pyridine rings is 1. The van der Waals surface area contributed by atoms with Gasteiger partial charge in [-0.3, -0.25) is 4.57 Å². The number of para-hydroxylation sites is 2. The smallest absolute Gasteiger partial charge is 0.268 e. The predicted octanol–water partition coefficient (Wildman–Crippen LogP) is 19.7. The summed E-state index contributed by atoms with van der Waals surface area (Å²) in [5.41, 5.74) is 25.9. The van der Waals surface area contributed by atoms with E-state index in [-0.39, 0.29) is 42.7 Å². The summed E-state index contributed by atoms with van der Waals surface area (Å²) < 4.78 is 14.1. The van der Waals surface area contributed by atoms with Gasteiger partial charge < -0.3 is 13.9 Å². The number of aromatic nitrogens is 4. The van der Waals surface area contributed by atoms with Crippen LogP contribution in [-0.2, 0) is 48.1 Å². The van der Waals surface area contributed by atoms with Crippen LogP contribution >= 0.6 is 0 Å². The standard InChI is InChI=1S/C80H74N4O.Pt/c1-48-49(2)70(51-27-18-16-19-28-51)75(71(50(48)3)52-29-20-17-21-30-52)82-47-83-68-46-56(85-55-36-38-58-57-31-22-23-33-65(57)84(67(58)45-55)69-35-24-25-40-81-69)37-39-61(68)80(62-32-26-34-66(82)74(62)83)72-59(41-53(76(4,5)6)43-63(72)78(10,11)12)60-42-54(77(7,8)9)44-64(73(60)80)79(13,14)15;/h16-44H,1-15H3;/q-2;. The van der Waals surface area contributed by atoms with Gasteiger partial charge in [0.15, 0.2) is 0 Å². The maximum Gasteiger partial charge on any atom is 0.268 e. The van der Waals surface area contributed by atoms with Crippen LogP contribution in [0.2, 0.25) is 0 Å². The van der Waals surface area contributed by atoms with Crippen molar-refractivity contribution in [2.45, 2.75) is 131 Å². The molecule has 432 valence electrons. The Morgan fingerprint density at radius 3 is 1.60 bits per heavy atom. The zero-order chi connectivity index (χ0) is 59.4. The van der Waals surface area contributed by atoms with Gasteiger partial charge in [0.05, 0.1) is 16.7 Å². The fourth-order valence-corrected chi connectivity index (χ4v) is 14.2. The second-order valence-electron chi connectivity index (χ2n) is 28.1. The Morgan fingerprint density at radius 2 is 1.05 bits per heavy atom. The first kappa shape index (κ1) is 57.0. The topological polar surface area (TPSA) is 35.9 Å². The molecule has 4 heterocycles. The minimum Gasteiger partial charge on any atom is -0.510 e. The molecule has 0 bridgehead atoms. The van der Waals surface area contributed by atoms with E-state index in [2.05, 4.69) is 282 Å². The van der Waals surface area contributed by atoms with Gasteiger partial charge in [-0.2, -0.15) is 12.1 Å². The first-order chi connectivity index (χ1) is 40.5. The number of fused-ring (bicyclic) bond motifs is 12. The van der Waals surface area contributed by atoms with Gasteiger partial charge in [-0.05, 0) is 161 Å². The van der Waals surface area contributed by atoms with E-state index in [0.29, 0.717) is 11.5 Å². The average Bonchev–Trinajstić information content (AvgIpc) is 1.45. The molecule has 1 aliphatic heterocycles. The fourth-order valence-electron chi connectivity index (χ4n) is 14.2. The largest absolute Gasteiger partial charge is 0.510 e. The molecule has 12 aromatic rings. The van der Waals surface area contributed by atoms with Crippen molar-refractivity contribution in [2.24, 2.45) is 0 Å².